The van der Waals surface area contributed by atoms with Crippen LogP contribution in [0.4, 0.5) is 14.9 Å². The van der Waals surface area contributed by atoms with Crippen molar-refractivity contribution < 1.29 is 9.18 Å². The highest BCUT2D eigenvalue weighted by Gasteiger charge is 2.28. The third-order valence-corrected chi connectivity index (χ3v) is 4.29. The highest BCUT2D eigenvalue weighted by molar-refractivity contribution is 6.30. The fourth-order valence-corrected chi connectivity index (χ4v) is 3.05. The Labute approximate surface area is 133 Å². The number of amides is 2. The van der Waals surface area contributed by atoms with E-state index in [1.807, 2.05) is 18.2 Å². The monoisotopic (exact) mass is 318 g/mol. The second kappa shape index (κ2) is 5.97. The van der Waals surface area contributed by atoms with Crippen molar-refractivity contribution in [3.8, 4) is 0 Å². The molecule has 5 heteroatoms. The lowest BCUT2D eigenvalue weighted by atomic mass is 10.1. The normalized spacial score (nSPS) is 16.2. The van der Waals surface area contributed by atoms with Gasteiger partial charge in [-0.15, -0.1) is 0 Å². The van der Waals surface area contributed by atoms with Crippen molar-refractivity contribution >= 4 is 23.3 Å². The van der Waals surface area contributed by atoms with Crippen molar-refractivity contribution in [1.82, 2.24) is 4.90 Å². The smallest absolute Gasteiger partial charge is 0.321 e. The van der Waals surface area contributed by atoms with Gasteiger partial charge in [-0.25, -0.2) is 9.18 Å². The lowest BCUT2D eigenvalue weighted by molar-refractivity contribution is 0.204. The van der Waals surface area contributed by atoms with Gasteiger partial charge >= 0.3 is 6.03 Å². The number of rotatable bonds is 2. The Balaban J connectivity index is 1.77. The Hall–Kier alpha value is -2.07. The van der Waals surface area contributed by atoms with Crippen LogP contribution in [0.5, 0.6) is 0 Å². The van der Waals surface area contributed by atoms with Crippen molar-refractivity contribution in [3.63, 3.8) is 0 Å². The van der Waals surface area contributed by atoms with Gasteiger partial charge in [0.05, 0.1) is 11.7 Å². The Bertz CT molecular complexity index is 720. The number of nitrogens with one attached hydrogen (secondary N) is 1. The SMILES string of the molecule is CN(C(=O)Nc1cc(Cl)ccc1F)[C@H]1CCc2ccccc21. The number of aryl methyl sites for hydroxylation is 1. The molecule has 1 aliphatic rings. The van der Waals surface area contributed by atoms with Gasteiger partial charge in [-0.3, -0.25) is 0 Å². The number of benzene rings is 2. The molecule has 0 aliphatic heterocycles. The molecule has 3 rings (SSSR count). The second-order valence-electron chi connectivity index (χ2n) is 5.42. The highest BCUT2D eigenvalue weighted by Crippen LogP contribution is 2.35. The zero-order chi connectivity index (χ0) is 15.7. The van der Waals surface area contributed by atoms with E-state index in [1.165, 1.54) is 23.8 Å². The molecule has 3 nitrogen and oxygen atoms in total. The molecule has 2 amide bonds. The van der Waals surface area contributed by atoms with Crippen molar-refractivity contribution in [2.45, 2.75) is 18.9 Å². The molecule has 0 saturated heterocycles. The molecule has 0 unspecified atom stereocenters. The van der Waals surface area contributed by atoms with Gasteiger partial charge in [0, 0.05) is 12.1 Å². The maximum atomic E-state index is 13.7. The third-order valence-electron chi connectivity index (χ3n) is 4.06. The van der Waals surface area contributed by atoms with Crippen LogP contribution in [0.2, 0.25) is 5.02 Å². The van der Waals surface area contributed by atoms with Crippen molar-refractivity contribution in [2.24, 2.45) is 0 Å². The van der Waals surface area contributed by atoms with Crippen LogP contribution in [0.3, 0.4) is 0 Å². The number of nitrogens with zero attached hydrogens (tertiary/aromatic N) is 1. The lowest BCUT2D eigenvalue weighted by Gasteiger charge is -2.25. The topological polar surface area (TPSA) is 32.3 Å². The Morgan fingerprint density at radius 3 is 2.91 bits per heavy atom. The van der Waals surface area contributed by atoms with Crippen LogP contribution >= 0.6 is 11.6 Å². The molecule has 0 heterocycles. The zero-order valence-electron chi connectivity index (χ0n) is 12.1. The minimum atomic E-state index is -0.502. The summed E-state index contributed by atoms with van der Waals surface area (Å²) in [6, 6.07) is 11.9. The minimum absolute atomic E-state index is 0.0124. The maximum Gasteiger partial charge on any atom is 0.322 e. The maximum absolute atomic E-state index is 13.7. The van der Waals surface area contributed by atoms with Gasteiger partial charge < -0.3 is 10.2 Å². The lowest BCUT2D eigenvalue weighted by Crippen LogP contribution is -2.34. The molecular formula is C17H16ClFN2O. The average Bonchev–Trinajstić information content (AvgIpc) is 2.94. The highest BCUT2D eigenvalue weighted by atomic mass is 35.5. The first-order valence-corrected chi connectivity index (χ1v) is 7.50. The summed E-state index contributed by atoms with van der Waals surface area (Å²) in [5.74, 6) is -0.502. The van der Waals surface area contributed by atoms with Crippen molar-refractivity contribution in [3.05, 3.63) is 64.4 Å². The van der Waals surface area contributed by atoms with E-state index in [4.69, 9.17) is 11.6 Å². The van der Waals surface area contributed by atoms with Crippen LogP contribution in [0.1, 0.15) is 23.6 Å². The number of fused-ring (bicyclic) bond motifs is 1. The van der Waals surface area contributed by atoms with E-state index >= 15 is 0 Å². The number of anilines is 1. The standard InChI is InChI=1S/C17H16ClFN2O/c1-21(16-9-6-11-4-2-3-5-13(11)16)17(22)20-15-10-12(18)7-8-14(15)19/h2-5,7-8,10,16H,6,9H2,1H3,(H,20,22)/t16-/m0/s1. The van der Waals surface area contributed by atoms with Crippen LogP contribution in [-0.4, -0.2) is 18.0 Å². The molecule has 0 radical (unpaired) electrons. The number of carbonyl (C=O) groups is 1. The first-order chi connectivity index (χ1) is 10.6. The van der Waals surface area contributed by atoms with Crippen LogP contribution in [0, 0.1) is 5.82 Å². The third kappa shape index (κ3) is 2.79. The zero-order valence-corrected chi connectivity index (χ0v) is 12.9. The molecule has 2 aromatic carbocycles. The van der Waals surface area contributed by atoms with E-state index in [0.717, 1.165) is 18.4 Å². The molecule has 1 N–H and O–H groups in total. The van der Waals surface area contributed by atoms with Crippen molar-refractivity contribution in [2.75, 3.05) is 12.4 Å². The first-order valence-electron chi connectivity index (χ1n) is 7.13. The molecule has 0 spiro atoms. The predicted molar refractivity (Wildman–Crippen MR) is 85.7 cm³/mol. The fraction of sp³-hybridized carbons (Fsp3) is 0.235. The summed E-state index contributed by atoms with van der Waals surface area (Å²) in [4.78, 5) is 14.0. The van der Waals surface area contributed by atoms with Gasteiger partial charge in [-0.05, 0) is 42.2 Å². The number of halogens is 2. The number of urea groups is 1. The Kier molecular flexibility index (Phi) is 4.03. The number of hydrogen-bond acceptors (Lipinski definition) is 1. The molecule has 22 heavy (non-hydrogen) atoms. The van der Waals surface area contributed by atoms with Gasteiger partial charge in [0.1, 0.15) is 5.82 Å². The predicted octanol–water partition coefficient (Wildman–Crippen LogP) is 4.63. The molecule has 0 saturated carbocycles. The molecule has 0 fully saturated rings. The molecule has 2 aromatic rings. The van der Waals surface area contributed by atoms with Gasteiger partial charge in [-0.2, -0.15) is 0 Å². The van der Waals surface area contributed by atoms with E-state index in [2.05, 4.69) is 11.4 Å². The van der Waals surface area contributed by atoms with Crippen LogP contribution in [-0.2, 0) is 6.42 Å². The van der Waals surface area contributed by atoms with Gasteiger partial charge in [-0.1, -0.05) is 35.9 Å². The molecular weight excluding hydrogens is 303 g/mol. The van der Waals surface area contributed by atoms with E-state index in [0.29, 0.717) is 5.02 Å². The Morgan fingerprint density at radius 2 is 2.09 bits per heavy atom. The summed E-state index contributed by atoms with van der Waals surface area (Å²) in [5.41, 5.74) is 2.52. The minimum Gasteiger partial charge on any atom is -0.321 e. The summed E-state index contributed by atoms with van der Waals surface area (Å²) >= 11 is 5.84. The van der Waals surface area contributed by atoms with E-state index in [9.17, 15) is 9.18 Å². The first kappa shape index (κ1) is 14.9. The average molecular weight is 319 g/mol. The summed E-state index contributed by atoms with van der Waals surface area (Å²) < 4.78 is 13.7. The van der Waals surface area contributed by atoms with E-state index in [1.54, 1.807) is 11.9 Å². The van der Waals surface area contributed by atoms with E-state index < -0.39 is 5.82 Å². The molecule has 0 bridgehead atoms. The molecule has 114 valence electrons. The quantitative estimate of drug-likeness (QED) is 0.860. The van der Waals surface area contributed by atoms with E-state index in [-0.39, 0.29) is 17.8 Å². The number of carbonyl (C=O) groups excluding carboxylic acids is 1. The summed E-state index contributed by atoms with van der Waals surface area (Å²) in [6.07, 6.45) is 1.82. The molecule has 1 aliphatic carbocycles. The van der Waals surface area contributed by atoms with Gasteiger partial charge in [0.15, 0.2) is 0 Å². The van der Waals surface area contributed by atoms with Crippen LogP contribution in [0.15, 0.2) is 42.5 Å². The fourth-order valence-electron chi connectivity index (χ4n) is 2.88. The van der Waals surface area contributed by atoms with Crippen molar-refractivity contribution in [1.29, 1.82) is 0 Å². The Morgan fingerprint density at radius 1 is 1.32 bits per heavy atom. The van der Waals surface area contributed by atoms with Crippen LogP contribution in [0.25, 0.3) is 0 Å². The van der Waals surface area contributed by atoms with Crippen LogP contribution < -0.4 is 5.32 Å². The van der Waals surface area contributed by atoms with Gasteiger partial charge in [0.25, 0.3) is 0 Å². The summed E-state index contributed by atoms with van der Waals surface area (Å²) in [6.45, 7) is 0. The largest absolute Gasteiger partial charge is 0.322 e. The molecule has 1 atom stereocenters. The number of hydrogen-bond donors (Lipinski definition) is 1. The van der Waals surface area contributed by atoms with Gasteiger partial charge in [0.2, 0.25) is 0 Å². The second-order valence-corrected chi connectivity index (χ2v) is 5.85. The summed E-state index contributed by atoms with van der Waals surface area (Å²) in [5, 5.41) is 2.97. The summed E-state index contributed by atoms with van der Waals surface area (Å²) in [7, 11) is 1.73. The molecule has 0 aromatic heterocycles.